The first-order chi connectivity index (χ1) is 8.72. The number of fused-ring (bicyclic) bond motifs is 1. The molecule has 0 unspecified atom stereocenters. The summed E-state index contributed by atoms with van der Waals surface area (Å²) in [6, 6.07) is 14.1. The van der Waals surface area contributed by atoms with Crippen molar-refractivity contribution >= 4 is 16.7 Å². The Kier molecular flexibility index (Phi) is 2.52. The first kappa shape index (κ1) is 10.8. The number of benzene rings is 2. The van der Waals surface area contributed by atoms with Crippen molar-refractivity contribution in [3.8, 4) is 0 Å². The first-order valence-corrected chi connectivity index (χ1v) is 6.01. The molecule has 1 heterocycles. The third kappa shape index (κ3) is 1.95. The van der Waals surface area contributed by atoms with Crippen molar-refractivity contribution < 1.29 is 0 Å². The lowest BCUT2D eigenvalue weighted by Gasteiger charge is -2.02. The van der Waals surface area contributed by atoms with E-state index in [1.54, 1.807) is 0 Å². The summed E-state index contributed by atoms with van der Waals surface area (Å²) < 4.78 is 0. The number of nitrogen functional groups attached to an aromatic ring is 1. The van der Waals surface area contributed by atoms with Gasteiger partial charge in [-0.25, -0.2) is 4.98 Å². The van der Waals surface area contributed by atoms with E-state index in [4.69, 9.17) is 5.73 Å². The van der Waals surface area contributed by atoms with Gasteiger partial charge in [0.2, 0.25) is 0 Å². The van der Waals surface area contributed by atoms with Gasteiger partial charge in [0, 0.05) is 12.1 Å². The normalized spacial score (nSPS) is 10.9. The quantitative estimate of drug-likeness (QED) is 0.673. The molecule has 0 amide bonds. The number of aromatic nitrogens is 2. The molecule has 0 saturated heterocycles. The van der Waals surface area contributed by atoms with E-state index in [1.807, 2.05) is 18.2 Å². The van der Waals surface area contributed by atoms with Crippen LogP contribution in [-0.2, 0) is 6.42 Å². The molecule has 1 aromatic heterocycles. The van der Waals surface area contributed by atoms with Crippen LogP contribution in [0.25, 0.3) is 11.0 Å². The van der Waals surface area contributed by atoms with Crippen LogP contribution in [0.5, 0.6) is 0 Å². The van der Waals surface area contributed by atoms with Gasteiger partial charge in [0.05, 0.1) is 11.0 Å². The molecular formula is C15H15N3. The first-order valence-electron chi connectivity index (χ1n) is 6.01. The van der Waals surface area contributed by atoms with Gasteiger partial charge in [-0.05, 0) is 36.2 Å². The lowest BCUT2D eigenvalue weighted by Crippen LogP contribution is -1.93. The number of hydrogen-bond acceptors (Lipinski definition) is 2. The number of nitrogens with two attached hydrogens (primary N) is 1. The average Bonchev–Trinajstić information content (AvgIpc) is 2.73. The zero-order valence-corrected chi connectivity index (χ0v) is 10.3. The number of anilines is 1. The summed E-state index contributed by atoms with van der Waals surface area (Å²) in [7, 11) is 0. The maximum Gasteiger partial charge on any atom is 0.111 e. The number of rotatable bonds is 2. The van der Waals surface area contributed by atoms with Crippen molar-refractivity contribution in [2.75, 3.05) is 5.73 Å². The van der Waals surface area contributed by atoms with Gasteiger partial charge in [-0.3, -0.25) is 0 Å². The second-order valence-electron chi connectivity index (χ2n) is 4.56. The van der Waals surface area contributed by atoms with E-state index in [2.05, 4.69) is 41.2 Å². The van der Waals surface area contributed by atoms with Crippen LogP contribution in [0.3, 0.4) is 0 Å². The Morgan fingerprint density at radius 1 is 1.17 bits per heavy atom. The minimum Gasteiger partial charge on any atom is -0.399 e. The molecule has 3 heteroatoms. The molecule has 2 aromatic carbocycles. The highest BCUT2D eigenvalue weighted by Gasteiger charge is 2.05. The molecule has 3 N–H and O–H groups in total. The fraction of sp³-hybridized carbons (Fsp3) is 0.133. The molecule has 3 aromatic rings. The Hall–Kier alpha value is -2.29. The van der Waals surface area contributed by atoms with Crippen LogP contribution in [0.15, 0.2) is 42.5 Å². The Bertz CT molecular complexity index is 698. The van der Waals surface area contributed by atoms with Gasteiger partial charge >= 0.3 is 0 Å². The lowest BCUT2D eigenvalue weighted by atomic mass is 10.1. The highest BCUT2D eigenvalue weighted by Crippen LogP contribution is 2.17. The van der Waals surface area contributed by atoms with E-state index in [1.165, 1.54) is 11.1 Å². The predicted molar refractivity (Wildman–Crippen MR) is 74.5 cm³/mol. The number of nitrogens with zero attached hydrogens (tertiary/aromatic N) is 1. The summed E-state index contributed by atoms with van der Waals surface area (Å²) in [5, 5.41) is 0. The standard InChI is InChI=1S/C15H15N3/c1-10-4-2-3-5-11(10)8-15-17-13-7-6-12(16)9-14(13)18-15/h2-7,9H,8,16H2,1H3,(H,17,18). The van der Waals surface area contributed by atoms with Crippen LogP contribution in [0.1, 0.15) is 17.0 Å². The molecule has 0 spiro atoms. The minimum absolute atomic E-state index is 0.758. The molecule has 0 aliphatic heterocycles. The number of aromatic amines is 1. The molecule has 0 radical (unpaired) electrons. The summed E-state index contributed by atoms with van der Waals surface area (Å²) in [5.41, 5.74) is 11.1. The molecule has 0 aliphatic carbocycles. The summed E-state index contributed by atoms with van der Waals surface area (Å²) in [5.74, 6) is 0.977. The van der Waals surface area contributed by atoms with E-state index in [-0.39, 0.29) is 0 Å². The van der Waals surface area contributed by atoms with Gasteiger partial charge in [-0.1, -0.05) is 24.3 Å². The number of hydrogen-bond donors (Lipinski definition) is 2. The third-order valence-corrected chi connectivity index (χ3v) is 3.17. The van der Waals surface area contributed by atoms with Crippen LogP contribution in [0, 0.1) is 6.92 Å². The third-order valence-electron chi connectivity index (χ3n) is 3.17. The van der Waals surface area contributed by atoms with E-state index in [9.17, 15) is 0 Å². The molecule has 0 bridgehead atoms. The molecule has 0 fully saturated rings. The van der Waals surface area contributed by atoms with Crippen LogP contribution >= 0.6 is 0 Å². The minimum atomic E-state index is 0.758. The monoisotopic (exact) mass is 237 g/mol. The van der Waals surface area contributed by atoms with Crippen molar-refractivity contribution in [1.82, 2.24) is 9.97 Å². The summed E-state index contributed by atoms with van der Waals surface area (Å²) in [4.78, 5) is 7.90. The van der Waals surface area contributed by atoms with Gasteiger partial charge < -0.3 is 10.7 Å². The second-order valence-corrected chi connectivity index (χ2v) is 4.56. The Balaban J connectivity index is 1.98. The van der Waals surface area contributed by atoms with E-state index >= 15 is 0 Å². The molecule has 0 saturated carbocycles. The highest BCUT2D eigenvalue weighted by molar-refractivity contribution is 5.78. The highest BCUT2D eigenvalue weighted by atomic mass is 14.9. The molecule has 18 heavy (non-hydrogen) atoms. The summed E-state index contributed by atoms with van der Waals surface area (Å²) >= 11 is 0. The van der Waals surface area contributed by atoms with Crippen molar-refractivity contribution in [1.29, 1.82) is 0 Å². The maximum absolute atomic E-state index is 5.76. The fourth-order valence-electron chi connectivity index (χ4n) is 2.15. The zero-order valence-electron chi connectivity index (χ0n) is 10.3. The van der Waals surface area contributed by atoms with E-state index < -0.39 is 0 Å². The Morgan fingerprint density at radius 2 is 2.00 bits per heavy atom. The molecule has 0 aliphatic rings. The van der Waals surface area contributed by atoms with E-state index in [0.29, 0.717) is 0 Å². The van der Waals surface area contributed by atoms with Gasteiger partial charge in [0.25, 0.3) is 0 Å². The Morgan fingerprint density at radius 3 is 2.83 bits per heavy atom. The van der Waals surface area contributed by atoms with E-state index in [0.717, 1.165) is 29.0 Å². The lowest BCUT2D eigenvalue weighted by molar-refractivity contribution is 1.03. The number of imidazole rings is 1. The van der Waals surface area contributed by atoms with Crippen LogP contribution in [0.4, 0.5) is 5.69 Å². The van der Waals surface area contributed by atoms with Crippen molar-refractivity contribution in [2.45, 2.75) is 13.3 Å². The Labute approximate surface area is 106 Å². The van der Waals surface area contributed by atoms with Gasteiger partial charge in [-0.2, -0.15) is 0 Å². The molecule has 0 atom stereocenters. The average molecular weight is 237 g/mol. The van der Waals surface area contributed by atoms with Crippen LogP contribution in [-0.4, -0.2) is 9.97 Å². The van der Waals surface area contributed by atoms with Gasteiger partial charge in [0.15, 0.2) is 0 Å². The summed E-state index contributed by atoms with van der Waals surface area (Å²) in [6.07, 6.45) is 0.821. The maximum atomic E-state index is 5.76. The molecule has 90 valence electrons. The fourth-order valence-corrected chi connectivity index (χ4v) is 2.15. The van der Waals surface area contributed by atoms with Crippen LogP contribution < -0.4 is 5.73 Å². The smallest absolute Gasteiger partial charge is 0.111 e. The number of aryl methyl sites for hydroxylation is 1. The molecular weight excluding hydrogens is 222 g/mol. The largest absolute Gasteiger partial charge is 0.399 e. The summed E-state index contributed by atoms with van der Waals surface area (Å²) in [6.45, 7) is 2.12. The van der Waals surface area contributed by atoms with Crippen molar-refractivity contribution in [3.05, 3.63) is 59.4 Å². The van der Waals surface area contributed by atoms with Crippen molar-refractivity contribution in [3.63, 3.8) is 0 Å². The second kappa shape index (κ2) is 4.18. The SMILES string of the molecule is Cc1ccccc1Cc1nc2ccc(N)cc2[nH]1. The van der Waals surface area contributed by atoms with Crippen molar-refractivity contribution in [2.24, 2.45) is 0 Å². The number of H-pyrrole nitrogens is 1. The molecule has 3 nitrogen and oxygen atoms in total. The van der Waals surface area contributed by atoms with Gasteiger partial charge in [-0.15, -0.1) is 0 Å². The van der Waals surface area contributed by atoms with Gasteiger partial charge in [0.1, 0.15) is 5.82 Å². The number of nitrogens with one attached hydrogen (secondary N) is 1. The topological polar surface area (TPSA) is 54.7 Å². The molecule has 3 rings (SSSR count). The zero-order chi connectivity index (χ0) is 12.5. The van der Waals surface area contributed by atoms with Crippen LogP contribution in [0.2, 0.25) is 0 Å². The predicted octanol–water partition coefficient (Wildman–Crippen LogP) is 3.04.